The van der Waals surface area contributed by atoms with E-state index >= 15 is 0 Å². The molecular formula is C24H21N5O4. The van der Waals surface area contributed by atoms with Gasteiger partial charge in [-0.25, -0.2) is 19.7 Å². The van der Waals surface area contributed by atoms with E-state index in [1.807, 2.05) is 13.0 Å². The number of carbonyl (C=O) groups excluding carboxylic acids is 1. The molecule has 0 aliphatic carbocycles. The lowest BCUT2D eigenvalue weighted by Crippen LogP contribution is -2.58. The van der Waals surface area contributed by atoms with Crippen LogP contribution in [0.15, 0.2) is 55.0 Å². The van der Waals surface area contributed by atoms with Crippen molar-refractivity contribution in [2.24, 2.45) is 0 Å². The quantitative estimate of drug-likeness (QED) is 0.551. The Bertz CT molecular complexity index is 1230. The molecule has 0 unspecified atom stereocenters. The van der Waals surface area contributed by atoms with E-state index in [9.17, 15) is 20.0 Å². The average molecular weight is 443 g/mol. The molecule has 1 aromatic carbocycles. The molecule has 0 saturated carbocycles. The molecule has 2 atom stereocenters. The van der Waals surface area contributed by atoms with E-state index in [4.69, 9.17) is 4.74 Å². The summed E-state index contributed by atoms with van der Waals surface area (Å²) in [6.45, 7) is 2.14. The van der Waals surface area contributed by atoms with Crippen molar-refractivity contribution in [3.63, 3.8) is 0 Å². The monoisotopic (exact) mass is 443 g/mol. The van der Waals surface area contributed by atoms with Gasteiger partial charge in [0.05, 0.1) is 5.56 Å². The molecule has 3 aromatic rings. The van der Waals surface area contributed by atoms with Crippen LogP contribution in [0.2, 0.25) is 0 Å². The molecule has 2 N–H and O–H groups in total. The number of carboxylic acid groups (broad SMARTS) is 1. The van der Waals surface area contributed by atoms with Crippen molar-refractivity contribution in [2.45, 2.75) is 31.4 Å². The van der Waals surface area contributed by atoms with E-state index in [0.29, 0.717) is 29.8 Å². The summed E-state index contributed by atoms with van der Waals surface area (Å²) in [5, 5.41) is 22.3. The number of hydrogen-bond acceptors (Lipinski definition) is 8. The zero-order valence-electron chi connectivity index (χ0n) is 17.9. The topological polar surface area (TPSA) is 138 Å². The molecule has 1 saturated heterocycles. The van der Waals surface area contributed by atoms with Gasteiger partial charge in [-0.05, 0) is 31.9 Å². The van der Waals surface area contributed by atoms with E-state index < -0.39 is 11.6 Å². The SMILES string of the molecule is C[C@@H]1CC[C@](Oc2nccc(C#N)c2C(=O)O)(C(=O)c2ccccc2-c2ncccn2)CN1. The fraction of sp³-hybridized carbons (Fsp3) is 0.250. The number of nitrogens with zero attached hydrogens (tertiary/aromatic N) is 4. The lowest BCUT2D eigenvalue weighted by atomic mass is 9.82. The molecule has 33 heavy (non-hydrogen) atoms. The van der Waals surface area contributed by atoms with Crippen LogP contribution in [0.4, 0.5) is 0 Å². The minimum atomic E-state index is -1.43. The van der Waals surface area contributed by atoms with Gasteiger partial charge in [-0.1, -0.05) is 24.3 Å². The van der Waals surface area contributed by atoms with Crippen LogP contribution in [0.1, 0.15) is 46.0 Å². The minimum absolute atomic E-state index is 0.0923. The Hall–Kier alpha value is -4.16. The van der Waals surface area contributed by atoms with Gasteiger partial charge in [-0.2, -0.15) is 5.26 Å². The summed E-state index contributed by atoms with van der Waals surface area (Å²) in [7, 11) is 0. The third kappa shape index (κ3) is 4.29. The summed E-state index contributed by atoms with van der Waals surface area (Å²) in [4.78, 5) is 38.5. The van der Waals surface area contributed by atoms with Crippen molar-refractivity contribution in [3.8, 4) is 23.3 Å². The van der Waals surface area contributed by atoms with Gasteiger partial charge in [-0.15, -0.1) is 0 Å². The fourth-order valence-electron chi connectivity index (χ4n) is 3.87. The normalized spacial score (nSPS) is 19.9. The Morgan fingerprint density at radius 2 is 1.91 bits per heavy atom. The highest BCUT2D eigenvalue weighted by molar-refractivity contribution is 6.07. The Morgan fingerprint density at radius 3 is 2.58 bits per heavy atom. The van der Waals surface area contributed by atoms with E-state index in [2.05, 4.69) is 20.3 Å². The van der Waals surface area contributed by atoms with Crippen LogP contribution in [0.5, 0.6) is 5.88 Å². The van der Waals surface area contributed by atoms with Crippen molar-refractivity contribution in [2.75, 3.05) is 6.54 Å². The van der Waals surface area contributed by atoms with E-state index in [1.54, 1.807) is 42.7 Å². The number of aromatic carboxylic acids is 1. The highest BCUT2D eigenvalue weighted by atomic mass is 16.5. The fourth-order valence-corrected chi connectivity index (χ4v) is 3.87. The van der Waals surface area contributed by atoms with Crippen LogP contribution in [0.3, 0.4) is 0 Å². The summed E-state index contributed by atoms with van der Waals surface area (Å²) >= 11 is 0. The van der Waals surface area contributed by atoms with Crippen LogP contribution < -0.4 is 10.1 Å². The van der Waals surface area contributed by atoms with Gasteiger partial charge >= 0.3 is 5.97 Å². The molecule has 0 amide bonds. The van der Waals surface area contributed by atoms with Crippen molar-refractivity contribution in [1.29, 1.82) is 5.26 Å². The second-order valence-electron chi connectivity index (χ2n) is 7.82. The van der Waals surface area contributed by atoms with Gasteiger partial charge in [0, 0.05) is 42.3 Å². The Labute approximate surface area is 190 Å². The summed E-state index contributed by atoms with van der Waals surface area (Å²) in [5.74, 6) is -1.57. The number of carboxylic acids is 1. The number of aromatic nitrogens is 3. The van der Waals surface area contributed by atoms with Crippen LogP contribution >= 0.6 is 0 Å². The molecule has 0 bridgehead atoms. The molecule has 0 spiro atoms. The molecule has 2 aromatic heterocycles. The first-order valence-electron chi connectivity index (χ1n) is 10.4. The van der Waals surface area contributed by atoms with Gasteiger partial charge in [0.25, 0.3) is 0 Å². The second-order valence-corrected chi connectivity index (χ2v) is 7.82. The first-order chi connectivity index (χ1) is 15.9. The lowest BCUT2D eigenvalue weighted by molar-refractivity contribution is 0.0252. The van der Waals surface area contributed by atoms with E-state index in [1.165, 1.54) is 12.3 Å². The third-order valence-corrected chi connectivity index (χ3v) is 5.65. The predicted molar refractivity (Wildman–Crippen MR) is 118 cm³/mol. The van der Waals surface area contributed by atoms with Crippen molar-refractivity contribution < 1.29 is 19.4 Å². The molecule has 3 heterocycles. The van der Waals surface area contributed by atoms with Gasteiger partial charge in [0.15, 0.2) is 11.4 Å². The second kappa shape index (κ2) is 9.14. The first kappa shape index (κ1) is 22.0. The summed E-state index contributed by atoms with van der Waals surface area (Å²) < 4.78 is 6.14. The number of nitriles is 1. The van der Waals surface area contributed by atoms with Crippen molar-refractivity contribution in [3.05, 3.63) is 71.7 Å². The number of rotatable bonds is 6. The maximum atomic E-state index is 14.0. The number of nitrogens with one attached hydrogen (secondary N) is 1. The molecule has 0 radical (unpaired) electrons. The number of carbonyl (C=O) groups is 2. The molecule has 4 rings (SSSR count). The van der Waals surface area contributed by atoms with Crippen LogP contribution in [0, 0.1) is 11.3 Å². The maximum Gasteiger partial charge on any atom is 0.342 e. The number of piperidine rings is 1. The Balaban J connectivity index is 1.82. The zero-order valence-corrected chi connectivity index (χ0v) is 17.9. The number of benzene rings is 1. The molecule has 1 aliphatic heterocycles. The van der Waals surface area contributed by atoms with Crippen LogP contribution in [0.25, 0.3) is 11.4 Å². The number of ketones is 1. The van der Waals surface area contributed by atoms with Gasteiger partial charge in [0.2, 0.25) is 11.7 Å². The molecule has 9 heteroatoms. The van der Waals surface area contributed by atoms with Gasteiger partial charge in [-0.3, -0.25) is 4.79 Å². The molecule has 9 nitrogen and oxygen atoms in total. The van der Waals surface area contributed by atoms with Gasteiger partial charge in [0.1, 0.15) is 11.6 Å². The average Bonchev–Trinajstić information content (AvgIpc) is 2.85. The number of pyridine rings is 1. The van der Waals surface area contributed by atoms with Crippen molar-refractivity contribution in [1.82, 2.24) is 20.3 Å². The third-order valence-electron chi connectivity index (χ3n) is 5.65. The van der Waals surface area contributed by atoms with E-state index in [-0.39, 0.29) is 35.4 Å². The number of hydrogen-bond donors (Lipinski definition) is 2. The predicted octanol–water partition coefficient (Wildman–Crippen LogP) is 2.88. The highest BCUT2D eigenvalue weighted by Crippen LogP contribution is 2.34. The minimum Gasteiger partial charge on any atom is -0.477 e. The highest BCUT2D eigenvalue weighted by Gasteiger charge is 2.46. The number of Topliss-reactive ketones (excluding diaryl/α,β-unsaturated/α-hetero) is 1. The first-order valence-corrected chi connectivity index (χ1v) is 10.4. The molecule has 1 fully saturated rings. The summed E-state index contributed by atoms with van der Waals surface area (Å²) in [6, 6.07) is 11.9. The lowest BCUT2D eigenvalue weighted by Gasteiger charge is -2.39. The largest absolute Gasteiger partial charge is 0.477 e. The van der Waals surface area contributed by atoms with Crippen LogP contribution in [-0.2, 0) is 0 Å². The smallest absolute Gasteiger partial charge is 0.342 e. The van der Waals surface area contributed by atoms with E-state index in [0.717, 1.165) is 0 Å². The van der Waals surface area contributed by atoms with Crippen molar-refractivity contribution >= 4 is 11.8 Å². The van der Waals surface area contributed by atoms with Gasteiger partial charge < -0.3 is 15.2 Å². The molecular weight excluding hydrogens is 422 g/mol. The zero-order chi connectivity index (χ0) is 23.4. The standard InChI is InChI=1S/C24H21N5O4/c1-15-7-9-24(14-29-15,33-22-19(23(31)32)16(13-25)8-12-28-22)20(30)17-5-2-3-6-18(17)21-26-10-4-11-27-21/h2-6,8,10-12,15,29H,7,9,14H2,1H3,(H,31,32)/t15-,24-/m1/s1. The Morgan fingerprint density at radius 1 is 1.15 bits per heavy atom. The molecule has 166 valence electrons. The summed E-state index contributed by atoms with van der Waals surface area (Å²) in [6.07, 6.45) is 5.44. The summed E-state index contributed by atoms with van der Waals surface area (Å²) in [5.41, 5.74) is -0.992. The Kier molecular flexibility index (Phi) is 6.11. The van der Waals surface area contributed by atoms with Crippen LogP contribution in [-0.4, -0.2) is 50.0 Å². The maximum absolute atomic E-state index is 14.0. The molecule has 1 aliphatic rings. The number of ether oxygens (including phenoxy) is 1.